The number of benzene rings is 1. The average molecular weight is 438 g/mol. The molecule has 2 amide bonds. The van der Waals surface area contributed by atoms with Crippen LogP contribution in [0.25, 0.3) is 0 Å². The Morgan fingerprint density at radius 3 is 2.90 bits per heavy atom. The molecule has 0 fully saturated rings. The second kappa shape index (κ2) is 9.23. The smallest absolute Gasteiger partial charge is 0.255 e. The lowest BCUT2D eigenvalue weighted by atomic mass is 10.1. The molecule has 0 unspecified atom stereocenters. The largest absolute Gasteiger partial charge is 0.395 e. The summed E-state index contributed by atoms with van der Waals surface area (Å²) in [5, 5.41) is 14.4. The van der Waals surface area contributed by atoms with Crippen LogP contribution >= 0.6 is 11.3 Å². The lowest BCUT2D eigenvalue weighted by Gasteiger charge is -2.30. The second-order valence-electron chi connectivity index (χ2n) is 7.28. The van der Waals surface area contributed by atoms with Crippen molar-refractivity contribution < 1.29 is 14.7 Å². The lowest BCUT2D eigenvalue weighted by Crippen LogP contribution is -2.40. The van der Waals surface area contributed by atoms with Crippen molar-refractivity contribution in [2.24, 2.45) is 0 Å². The minimum Gasteiger partial charge on any atom is -0.395 e. The first kappa shape index (κ1) is 21.0. The number of aryl methyl sites for hydroxylation is 1. The van der Waals surface area contributed by atoms with E-state index < -0.39 is 0 Å². The monoisotopic (exact) mass is 437 g/mol. The van der Waals surface area contributed by atoms with Gasteiger partial charge in [0.25, 0.3) is 5.91 Å². The van der Waals surface area contributed by atoms with Crippen molar-refractivity contribution in [1.82, 2.24) is 14.9 Å². The third-order valence-corrected chi connectivity index (χ3v) is 5.83. The highest BCUT2D eigenvalue weighted by Gasteiger charge is 2.27. The number of pyridine rings is 1. The molecular formula is C22H23N5O3S. The van der Waals surface area contributed by atoms with E-state index in [-0.39, 0.29) is 31.5 Å². The molecule has 0 saturated heterocycles. The first-order valence-corrected chi connectivity index (χ1v) is 10.9. The molecule has 2 aromatic heterocycles. The summed E-state index contributed by atoms with van der Waals surface area (Å²) in [7, 11) is 0. The van der Waals surface area contributed by atoms with Crippen LogP contribution in [0.15, 0.2) is 47.4 Å². The Morgan fingerprint density at radius 2 is 2.16 bits per heavy atom. The van der Waals surface area contributed by atoms with Crippen molar-refractivity contribution >= 4 is 34.7 Å². The average Bonchev–Trinajstić information content (AvgIpc) is 3.29. The molecule has 9 heteroatoms. The van der Waals surface area contributed by atoms with Crippen LogP contribution in [-0.2, 0) is 17.9 Å². The van der Waals surface area contributed by atoms with Gasteiger partial charge in [0.1, 0.15) is 0 Å². The van der Waals surface area contributed by atoms with Crippen molar-refractivity contribution in [3.63, 3.8) is 0 Å². The molecule has 0 saturated carbocycles. The molecule has 0 spiro atoms. The maximum absolute atomic E-state index is 13.3. The Bertz CT molecular complexity index is 1090. The number of hydrogen-bond acceptors (Lipinski definition) is 7. The highest BCUT2D eigenvalue weighted by Crippen LogP contribution is 2.30. The molecule has 3 heterocycles. The van der Waals surface area contributed by atoms with Crippen LogP contribution in [0, 0.1) is 6.92 Å². The van der Waals surface area contributed by atoms with Gasteiger partial charge in [0.05, 0.1) is 42.2 Å². The van der Waals surface area contributed by atoms with E-state index in [0.29, 0.717) is 30.2 Å². The predicted molar refractivity (Wildman–Crippen MR) is 119 cm³/mol. The number of thiazole rings is 1. The number of carbonyl (C=O) groups excluding carboxylic acids is 2. The molecule has 1 aliphatic rings. The van der Waals surface area contributed by atoms with E-state index in [2.05, 4.69) is 15.3 Å². The van der Waals surface area contributed by atoms with Crippen LogP contribution in [0.3, 0.4) is 0 Å². The number of amides is 2. The standard InChI is InChI=1S/C22H23N5O3S/c1-15-4-2-3-5-16(15)11-26(6-7-28)22(30)17-8-19-21(23-9-17)24-10-20(29)27(19)12-18-13-31-14-25-18/h2-5,8-9,13-14,28H,6-7,10-12H2,1H3,(H,23,24). The maximum Gasteiger partial charge on any atom is 0.255 e. The van der Waals surface area contributed by atoms with Crippen molar-refractivity contribution in [2.45, 2.75) is 20.0 Å². The Hall–Kier alpha value is -3.30. The van der Waals surface area contributed by atoms with Crippen LogP contribution < -0.4 is 10.2 Å². The summed E-state index contributed by atoms with van der Waals surface area (Å²) in [4.78, 5) is 37.7. The van der Waals surface area contributed by atoms with Crippen LogP contribution in [0.4, 0.5) is 11.5 Å². The van der Waals surface area contributed by atoms with E-state index in [4.69, 9.17) is 0 Å². The Labute approximate surface area is 184 Å². The number of hydrogen-bond donors (Lipinski definition) is 2. The van der Waals surface area contributed by atoms with E-state index in [1.54, 1.807) is 21.4 Å². The van der Waals surface area contributed by atoms with Crippen LogP contribution in [0.5, 0.6) is 0 Å². The summed E-state index contributed by atoms with van der Waals surface area (Å²) >= 11 is 1.47. The van der Waals surface area contributed by atoms with Crippen LogP contribution in [0.2, 0.25) is 0 Å². The van der Waals surface area contributed by atoms with Crippen molar-refractivity contribution in [3.05, 3.63) is 69.8 Å². The topological polar surface area (TPSA) is 98.7 Å². The minimum absolute atomic E-state index is 0.112. The predicted octanol–water partition coefficient (Wildman–Crippen LogP) is 2.44. The Morgan fingerprint density at radius 1 is 1.32 bits per heavy atom. The van der Waals surface area contributed by atoms with Crippen LogP contribution in [-0.4, -0.2) is 51.5 Å². The first-order valence-electron chi connectivity index (χ1n) is 9.93. The molecule has 1 aromatic carbocycles. The first-order chi connectivity index (χ1) is 15.1. The van der Waals surface area contributed by atoms with Gasteiger partial charge in [0.15, 0.2) is 5.82 Å². The fourth-order valence-electron chi connectivity index (χ4n) is 3.50. The zero-order chi connectivity index (χ0) is 21.8. The van der Waals surface area contributed by atoms with Gasteiger partial charge >= 0.3 is 0 Å². The number of fused-ring (bicyclic) bond motifs is 1. The number of aliphatic hydroxyl groups excluding tert-OH is 1. The highest BCUT2D eigenvalue weighted by molar-refractivity contribution is 7.07. The third-order valence-electron chi connectivity index (χ3n) is 5.20. The van der Waals surface area contributed by atoms with Gasteiger partial charge < -0.3 is 20.2 Å². The SMILES string of the molecule is Cc1ccccc1CN(CCO)C(=O)c1cnc2c(c1)N(Cc1cscn1)C(=O)CN2. The summed E-state index contributed by atoms with van der Waals surface area (Å²) in [6, 6.07) is 9.52. The van der Waals surface area contributed by atoms with Gasteiger partial charge in [-0.05, 0) is 24.1 Å². The maximum atomic E-state index is 13.3. The van der Waals surface area contributed by atoms with E-state index in [9.17, 15) is 14.7 Å². The lowest BCUT2D eigenvalue weighted by molar-refractivity contribution is -0.117. The minimum atomic E-state index is -0.251. The molecule has 0 aliphatic carbocycles. The van der Waals surface area contributed by atoms with Gasteiger partial charge in [-0.1, -0.05) is 24.3 Å². The van der Waals surface area contributed by atoms with Crippen molar-refractivity contribution in [1.29, 1.82) is 0 Å². The summed E-state index contributed by atoms with van der Waals surface area (Å²) in [5.41, 5.74) is 5.50. The Kier molecular flexibility index (Phi) is 6.24. The van der Waals surface area contributed by atoms with Gasteiger partial charge in [0.2, 0.25) is 5.91 Å². The van der Waals surface area contributed by atoms with Gasteiger partial charge in [-0.2, -0.15) is 0 Å². The number of nitrogens with zero attached hydrogens (tertiary/aromatic N) is 4. The van der Waals surface area contributed by atoms with E-state index in [1.807, 2.05) is 36.6 Å². The number of anilines is 2. The molecule has 31 heavy (non-hydrogen) atoms. The molecule has 0 bridgehead atoms. The summed E-state index contributed by atoms with van der Waals surface area (Å²) in [6.07, 6.45) is 1.51. The highest BCUT2D eigenvalue weighted by atomic mass is 32.1. The zero-order valence-corrected chi connectivity index (χ0v) is 17.9. The Balaban J connectivity index is 1.62. The van der Waals surface area contributed by atoms with E-state index in [1.165, 1.54) is 17.5 Å². The molecule has 8 nitrogen and oxygen atoms in total. The molecular weight excluding hydrogens is 414 g/mol. The summed E-state index contributed by atoms with van der Waals surface area (Å²) in [5.74, 6) is 0.192. The fourth-order valence-corrected chi connectivity index (χ4v) is 4.05. The normalized spacial score (nSPS) is 13.0. The summed E-state index contributed by atoms with van der Waals surface area (Å²) in [6.45, 7) is 2.88. The van der Waals surface area contributed by atoms with Gasteiger partial charge in [-0.15, -0.1) is 11.3 Å². The number of aliphatic hydroxyl groups is 1. The van der Waals surface area contributed by atoms with Gasteiger partial charge in [-0.25, -0.2) is 9.97 Å². The summed E-state index contributed by atoms with van der Waals surface area (Å²) < 4.78 is 0. The van der Waals surface area contributed by atoms with Gasteiger partial charge in [0, 0.05) is 24.7 Å². The number of nitrogens with one attached hydrogen (secondary N) is 1. The zero-order valence-electron chi connectivity index (χ0n) is 17.1. The quantitative estimate of drug-likeness (QED) is 0.589. The van der Waals surface area contributed by atoms with E-state index >= 15 is 0 Å². The van der Waals surface area contributed by atoms with Crippen molar-refractivity contribution in [2.75, 3.05) is 29.9 Å². The third kappa shape index (κ3) is 4.57. The molecule has 0 atom stereocenters. The number of carbonyl (C=O) groups is 2. The van der Waals surface area contributed by atoms with E-state index in [0.717, 1.165) is 16.8 Å². The van der Waals surface area contributed by atoms with Crippen LogP contribution in [0.1, 0.15) is 27.2 Å². The number of rotatable bonds is 7. The number of aromatic nitrogens is 2. The molecule has 1 aliphatic heterocycles. The molecule has 4 rings (SSSR count). The molecule has 2 N–H and O–H groups in total. The molecule has 3 aromatic rings. The van der Waals surface area contributed by atoms with Gasteiger partial charge in [-0.3, -0.25) is 9.59 Å². The molecule has 0 radical (unpaired) electrons. The van der Waals surface area contributed by atoms with Crippen molar-refractivity contribution in [3.8, 4) is 0 Å². The second-order valence-corrected chi connectivity index (χ2v) is 8.00. The molecule has 160 valence electrons. The fraction of sp³-hybridized carbons (Fsp3) is 0.273.